The van der Waals surface area contributed by atoms with E-state index in [-0.39, 0.29) is 11.8 Å². The summed E-state index contributed by atoms with van der Waals surface area (Å²) in [5, 5.41) is 18.8. The average Bonchev–Trinajstić information content (AvgIpc) is 3.50. The molecule has 2 amide bonds. The maximum Gasteiger partial charge on any atom is 0.271 e. The number of thioether (sulfide) groups is 1. The van der Waals surface area contributed by atoms with E-state index in [1.54, 1.807) is 5.38 Å². The lowest BCUT2D eigenvalue weighted by molar-refractivity contribution is -0.122. The minimum atomic E-state index is -0.535. The molecule has 38 heavy (non-hydrogen) atoms. The van der Waals surface area contributed by atoms with Crippen LogP contribution in [0.25, 0.3) is 17.1 Å². The Balaban J connectivity index is 1.38. The summed E-state index contributed by atoms with van der Waals surface area (Å²) in [4.78, 5) is 29.4. The zero-order valence-electron chi connectivity index (χ0n) is 20.4. The van der Waals surface area contributed by atoms with Crippen molar-refractivity contribution >= 4 is 58.1 Å². The van der Waals surface area contributed by atoms with Gasteiger partial charge in [0.1, 0.15) is 16.7 Å². The second-order valence-electron chi connectivity index (χ2n) is 8.78. The van der Waals surface area contributed by atoms with Gasteiger partial charge in [0, 0.05) is 22.5 Å². The molecule has 0 bridgehead atoms. The molecule has 5 rings (SSSR count). The largest absolute Gasteiger partial charge is 0.354 e. The van der Waals surface area contributed by atoms with Crippen LogP contribution < -0.4 is 10.6 Å². The molecular weight excluding hydrogens is 563 g/mol. The predicted molar refractivity (Wildman–Crippen MR) is 151 cm³/mol. The molecule has 12 heteroatoms. The third-order valence-electron chi connectivity index (χ3n) is 6.11. The Kier molecular flexibility index (Phi) is 8.32. The lowest BCUT2D eigenvalue weighted by atomic mass is 10.1. The number of thiazole rings is 1. The van der Waals surface area contributed by atoms with E-state index in [2.05, 4.69) is 25.8 Å². The Labute approximate surface area is 238 Å². The number of nitrogens with one attached hydrogen (secondary N) is 2. The van der Waals surface area contributed by atoms with Gasteiger partial charge in [0.25, 0.3) is 5.91 Å². The summed E-state index contributed by atoms with van der Waals surface area (Å²) in [5.74, 6) is 0.580. The molecule has 0 saturated carbocycles. The highest BCUT2D eigenvalue weighted by molar-refractivity contribution is 7.98. The van der Waals surface area contributed by atoms with Crippen molar-refractivity contribution < 1.29 is 9.59 Å². The number of amides is 2. The van der Waals surface area contributed by atoms with Crippen molar-refractivity contribution in [2.45, 2.75) is 43.1 Å². The molecule has 2 N–H and O–H groups in total. The lowest BCUT2D eigenvalue weighted by Gasteiger charge is -2.14. The Bertz CT molecular complexity index is 1490. The van der Waals surface area contributed by atoms with E-state index in [0.29, 0.717) is 45.4 Å². The second kappa shape index (κ2) is 11.9. The fourth-order valence-electron chi connectivity index (χ4n) is 4.14. The summed E-state index contributed by atoms with van der Waals surface area (Å²) in [6.45, 7) is 2.64. The van der Waals surface area contributed by atoms with Crippen LogP contribution in [0, 0.1) is 6.92 Å². The van der Waals surface area contributed by atoms with Crippen molar-refractivity contribution in [3.05, 3.63) is 74.2 Å². The van der Waals surface area contributed by atoms with Gasteiger partial charge in [-0.1, -0.05) is 53.2 Å². The summed E-state index contributed by atoms with van der Waals surface area (Å²) < 4.78 is 1.94. The summed E-state index contributed by atoms with van der Waals surface area (Å²) in [7, 11) is 0. The van der Waals surface area contributed by atoms with Crippen LogP contribution in [0.1, 0.15) is 40.3 Å². The van der Waals surface area contributed by atoms with Crippen molar-refractivity contribution in [1.82, 2.24) is 30.4 Å². The summed E-state index contributed by atoms with van der Waals surface area (Å²) in [5.41, 5.74) is 2.90. The Hall–Kier alpha value is -2.92. The highest BCUT2D eigenvalue weighted by Crippen LogP contribution is 2.35. The van der Waals surface area contributed by atoms with Gasteiger partial charge in [0.15, 0.2) is 11.0 Å². The molecule has 0 spiro atoms. The molecule has 1 fully saturated rings. The van der Waals surface area contributed by atoms with Crippen molar-refractivity contribution in [3.8, 4) is 17.1 Å². The predicted octanol–water partition coefficient (Wildman–Crippen LogP) is 5.70. The van der Waals surface area contributed by atoms with E-state index < -0.39 is 6.04 Å². The van der Waals surface area contributed by atoms with E-state index in [0.717, 1.165) is 34.7 Å². The first-order valence-corrected chi connectivity index (χ1v) is 14.7. The highest BCUT2D eigenvalue weighted by Gasteiger charge is 2.24. The molecule has 2 aromatic carbocycles. The molecule has 1 saturated heterocycles. The number of rotatable bonds is 7. The number of aromatic nitrogens is 4. The van der Waals surface area contributed by atoms with E-state index in [9.17, 15) is 9.59 Å². The van der Waals surface area contributed by atoms with Crippen LogP contribution >= 0.6 is 46.3 Å². The first kappa shape index (κ1) is 26.7. The Morgan fingerprint density at radius 3 is 2.89 bits per heavy atom. The standard InChI is InChI=1S/C26H24Cl2N6O2S2/c1-15-9-10-16(27)12-21(15)34-23(17-6-2-3-7-18(17)28)32-33-26(34)38-14-22-30-20(13-37-22)25(36)31-19-8-4-5-11-29-24(19)35/h2-3,6-7,9-10,12-13,19H,4-5,8,11,14H2,1H3,(H,29,35)(H,31,36). The number of carbonyl (C=O) groups excluding carboxylic acids is 2. The molecular formula is C26H24Cl2N6O2S2. The summed E-state index contributed by atoms with van der Waals surface area (Å²) >= 11 is 15.7. The zero-order chi connectivity index (χ0) is 26.6. The van der Waals surface area contributed by atoms with E-state index in [1.807, 2.05) is 54.0 Å². The zero-order valence-corrected chi connectivity index (χ0v) is 23.6. The molecule has 196 valence electrons. The van der Waals surface area contributed by atoms with Gasteiger partial charge >= 0.3 is 0 Å². The number of hydrogen-bond donors (Lipinski definition) is 2. The Morgan fingerprint density at radius 2 is 2.05 bits per heavy atom. The fourth-order valence-corrected chi connectivity index (χ4v) is 6.26. The third-order valence-corrected chi connectivity index (χ3v) is 8.65. The number of carbonyl (C=O) groups is 2. The quantitative estimate of drug-likeness (QED) is 0.269. The van der Waals surface area contributed by atoms with Crippen molar-refractivity contribution in [2.75, 3.05) is 6.54 Å². The van der Waals surface area contributed by atoms with Gasteiger partial charge in [-0.05, 0) is 56.0 Å². The maximum absolute atomic E-state index is 12.8. The van der Waals surface area contributed by atoms with Crippen LogP contribution in [0.4, 0.5) is 0 Å². The molecule has 8 nitrogen and oxygen atoms in total. The van der Waals surface area contributed by atoms with E-state index in [4.69, 9.17) is 23.2 Å². The molecule has 1 atom stereocenters. The summed E-state index contributed by atoms with van der Waals surface area (Å²) in [6, 6.07) is 12.6. The third kappa shape index (κ3) is 5.88. The van der Waals surface area contributed by atoms with Gasteiger partial charge < -0.3 is 10.6 Å². The molecule has 4 aromatic rings. The molecule has 0 radical (unpaired) electrons. The lowest BCUT2D eigenvalue weighted by Crippen LogP contribution is -2.45. The van der Waals surface area contributed by atoms with Crippen molar-refractivity contribution in [3.63, 3.8) is 0 Å². The van der Waals surface area contributed by atoms with Crippen LogP contribution in [-0.4, -0.2) is 44.1 Å². The van der Waals surface area contributed by atoms with Crippen molar-refractivity contribution in [1.29, 1.82) is 0 Å². The maximum atomic E-state index is 12.8. The molecule has 3 heterocycles. The number of aryl methyl sites for hydroxylation is 1. The first-order chi connectivity index (χ1) is 18.4. The number of hydrogen-bond acceptors (Lipinski definition) is 7. The van der Waals surface area contributed by atoms with Crippen LogP contribution in [-0.2, 0) is 10.5 Å². The number of benzene rings is 2. The SMILES string of the molecule is Cc1ccc(Cl)cc1-n1c(SCc2nc(C(=O)NC3CCCCNC3=O)cs2)nnc1-c1ccccc1Cl. The summed E-state index contributed by atoms with van der Waals surface area (Å²) in [6.07, 6.45) is 2.41. The van der Waals surface area contributed by atoms with Crippen LogP contribution in [0.2, 0.25) is 10.0 Å². The van der Waals surface area contributed by atoms with Gasteiger partial charge in [-0.15, -0.1) is 21.5 Å². The van der Waals surface area contributed by atoms with Crippen LogP contribution in [0.15, 0.2) is 53.0 Å². The van der Waals surface area contributed by atoms with Gasteiger partial charge in [0.2, 0.25) is 5.91 Å². The molecule has 1 aliphatic rings. The van der Waals surface area contributed by atoms with Gasteiger partial charge in [-0.3, -0.25) is 14.2 Å². The topological polar surface area (TPSA) is 102 Å². The van der Waals surface area contributed by atoms with E-state index in [1.165, 1.54) is 23.1 Å². The van der Waals surface area contributed by atoms with Crippen molar-refractivity contribution in [2.24, 2.45) is 0 Å². The minimum absolute atomic E-state index is 0.146. The van der Waals surface area contributed by atoms with E-state index >= 15 is 0 Å². The molecule has 1 aliphatic heterocycles. The number of nitrogens with zero attached hydrogens (tertiary/aromatic N) is 4. The van der Waals surface area contributed by atoms with Crippen LogP contribution in [0.3, 0.4) is 0 Å². The van der Waals surface area contributed by atoms with Gasteiger partial charge in [0.05, 0.1) is 16.5 Å². The Morgan fingerprint density at radius 1 is 1.21 bits per heavy atom. The monoisotopic (exact) mass is 586 g/mol. The van der Waals surface area contributed by atoms with Gasteiger partial charge in [-0.2, -0.15) is 0 Å². The van der Waals surface area contributed by atoms with Crippen LogP contribution in [0.5, 0.6) is 0 Å². The molecule has 2 aromatic heterocycles. The number of halogens is 2. The molecule has 0 aliphatic carbocycles. The second-order valence-corrected chi connectivity index (χ2v) is 11.5. The smallest absolute Gasteiger partial charge is 0.271 e. The molecule has 1 unspecified atom stereocenters. The highest BCUT2D eigenvalue weighted by atomic mass is 35.5. The average molecular weight is 588 g/mol. The first-order valence-electron chi connectivity index (χ1n) is 12.0. The van der Waals surface area contributed by atoms with Gasteiger partial charge in [-0.25, -0.2) is 4.98 Å². The normalized spacial score (nSPS) is 15.7. The minimum Gasteiger partial charge on any atom is -0.354 e. The fraction of sp³-hybridized carbons (Fsp3) is 0.269.